The second-order valence-corrected chi connectivity index (χ2v) is 6.18. The minimum Gasteiger partial charge on any atom is -0.340 e. The second-order valence-electron chi connectivity index (χ2n) is 6.18. The highest BCUT2D eigenvalue weighted by molar-refractivity contribution is 5.77. The van der Waals surface area contributed by atoms with E-state index in [0.29, 0.717) is 0 Å². The molecule has 0 aliphatic carbocycles. The van der Waals surface area contributed by atoms with E-state index >= 15 is 0 Å². The van der Waals surface area contributed by atoms with E-state index in [4.69, 9.17) is 4.98 Å². The molecule has 0 amide bonds. The quantitative estimate of drug-likeness (QED) is 0.801. The van der Waals surface area contributed by atoms with Gasteiger partial charge in [0, 0.05) is 32.7 Å². The first kappa shape index (κ1) is 15.0. The monoisotopic (exact) mass is 318 g/mol. The predicted molar refractivity (Wildman–Crippen MR) is 100 cm³/mol. The number of H-pyrrole nitrogens is 1. The van der Waals surface area contributed by atoms with Crippen LogP contribution in [-0.4, -0.2) is 47.6 Å². The van der Waals surface area contributed by atoms with Gasteiger partial charge in [-0.25, -0.2) is 4.98 Å². The van der Waals surface area contributed by atoms with Gasteiger partial charge in [0.05, 0.1) is 11.0 Å². The summed E-state index contributed by atoms with van der Waals surface area (Å²) in [6.45, 7) is 5.16. The highest BCUT2D eigenvalue weighted by atomic mass is 15.3. The van der Waals surface area contributed by atoms with E-state index in [1.807, 2.05) is 12.1 Å². The summed E-state index contributed by atoms with van der Waals surface area (Å²) in [5.41, 5.74) is 3.42. The van der Waals surface area contributed by atoms with E-state index < -0.39 is 0 Å². The van der Waals surface area contributed by atoms with Crippen LogP contribution < -0.4 is 4.90 Å². The lowest BCUT2D eigenvalue weighted by Gasteiger charge is -2.33. The Hall–Kier alpha value is -2.59. The highest BCUT2D eigenvalue weighted by Crippen LogP contribution is 2.18. The van der Waals surface area contributed by atoms with E-state index in [1.54, 1.807) is 0 Å². The van der Waals surface area contributed by atoms with Crippen molar-refractivity contribution in [1.82, 2.24) is 14.9 Å². The zero-order valence-corrected chi connectivity index (χ0v) is 13.7. The minimum atomic E-state index is 0.996. The normalized spacial score (nSPS) is 16.2. The minimum absolute atomic E-state index is 0.996. The zero-order chi connectivity index (χ0) is 16.2. The van der Waals surface area contributed by atoms with Gasteiger partial charge in [-0.2, -0.15) is 0 Å². The number of aromatic amines is 1. The molecule has 0 spiro atoms. The van der Waals surface area contributed by atoms with Crippen molar-refractivity contribution in [2.24, 2.45) is 0 Å². The van der Waals surface area contributed by atoms with E-state index in [2.05, 4.69) is 69.4 Å². The van der Waals surface area contributed by atoms with E-state index in [9.17, 15) is 0 Å². The molecule has 2 heterocycles. The first-order valence-corrected chi connectivity index (χ1v) is 8.52. The third-order valence-electron chi connectivity index (χ3n) is 4.52. The van der Waals surface area contributed by atoms with Crippen molar-refractivity contribution in [3.8, 4) is 0 Å². The highest BCUT2D eigenvalue weighted by Gasteiger charge is 2.18. The number of rotatable bonds is 4. The fraction of sp³-hybridized carbons (Fsp3) is 0.250. The number of benzene rings is 2. The van der Waals surface area contributed by atoms with Crippen molar-refractivity contribution in [1.29, 1.82) is 0 Å². The molecule has 1 aliphatic heterocycles. The van der Waals surface area contributed by atoms with Gasteiger partial charge >= 0.3 is 0 Å². The molecule has 0 bridgehead atoms. The lowest BCUT2D eigenvalue weighted by molar-refractivity contribution is 0.283. The van der Waals surface area contributed by atoms with Crippen LogP contribution >= 0.6 is 0 Å². The second kappa shape index (κ2) is 6.89. The van der Waals surface area contributed by atoms with Gasteiger partial charge in [-0.15, -0.1) is 0 Å². The van der Waals surface area contributed by atoms with Crippen molar-refractivity contribution in [2.45, 2.75) is 0 Å². The predicted octanol–water partition coefficient (Wildman–Crippen LogP) is 3.40. The van der Waals surface area contributed by atoms with Crippen LogP contribution in [0.1, 0.15) is 5.56 Å². The van der Waals surface area contributed by atoms with Gasteiger partial charge in [0.15, 0.2) is 0 Å². The summed E-state index contributed by atoms with van der Waals surface area (Å²) < 4.78 is 0. The van der Waals surface area contributed by atoms with Crippen LogP contribution in [0.3, 0.4) is 0 Å². The molecule has 2 aromatic carbocycles. The molecule has 122 valence electrons. The average molecular weight is 318 g/mol. The van der Waals surface area contributed by atoms with Gasteiger partial charge in [0.2, 0.25) is 5.95 Å². The standard InChI is InChI=1S/C20H22N4/c1-2-7-17(8-3-1)9-6-12-23-13-15-24(16-14-23)20-21-18-10-4-5-11-19(18)22-20/h1-11H,12-16H2,(H,21,22)/b9-6+. The summed E-state index contributed by atoms with van der Waals surface area (Å²) in [5.74, 6) is 0.996. The summed E-state index contributed by atoms with van der Waals surface area (Å²) in [6, 6.07) is 18.7. The Morgan fingerprint density at radius 1 is 0.917 bits per heavy atom. The molecule has 4 nitrogen and oxygen atoms in total. The van der Waals surface area contributed by atoms with Gasteiger partial charge < -0.3 is 9.88 Å². The first-order chi connectivity index (χ1) is 11.9. The number of nitrogens with zero attached hydrogens (tertiary/aromatic N) is 3. The summed E-state index contributed by atoms with van der Waals surface area (Å²) in [6.07, 6.45) is 4.46. The molecule has 1 saturated heterocycles. The molecule has 1 N–H and O–H groups in total. The molecule has 1 fully saturated rings. The molecule has 0 unspecified atom stereocenters. The third kappa shape index (κ3) is 3.34. The fourth-order valence-corrected chi connectivity index (χ4v) is 3.13. The van der Waals surface area contributed by atoms with Crippen LogP contribution in [-0.2, 0) is 0 Å². The van der Waals surface area contributed by atoms with E-state index in [-0.39, 0.29) is 0 Å². The number of anilines is 1. The summed E-state index contributed by atoms with van der Waals surface area (Å²) >= 11 is 0. The number of fused-ring (bicyclic) bond motifs is 1. The summed E-state index contributed by atoms with van der Waals surface area (Å²) in [5, 5.41) is 0. The van der Waals surface area contributed by atoms with Crippen LogP contribution in [0.2, 0.25) is 0 Å². The Labute approximate surface area is 142 Å². The van der Waals surface area contributed by atoms with E-state index in [1.165, 1.54) is 5.56 Å². The average Bonchev–Trinajstić information content (AvgIpc) is 3.07. The van der Waals surface area contributed by atoms with Crippen molar-refractivity contribution in [3.05, 3.63) is 66.2 Å². The number of piperazine rings is 1. The summed E-state index contributed by atoms with van der Waals surface area (Å²) in [4.78, 5) is 13.0. The van der Waals surface area contributed by atoms with Gasteiger partial charge in [-0.3, -0.25) is 4.90 Å². The molecule has 4 rings (SSSR count). The molecular formula is C20H22N4. The summed E-state index contributed by atoms with van der Waals surface area (Å²) in [7, 11) is 0. The molecule has 1 aliphatic rings. The Bertz CT molecular complexity index is 781. The Kier molecular flexibility index (Phi) is 4.30. The van der Waals surface area contributed by atoms with E-state index in [0.717, 1.165) is 49.7 Å². The van der Waals surface area contributed by atoms with Gasteiger partial charge in [0.25, 0.3) is 0 Å². The zero-order valence-electron chi connectivity index (χ0n) is 13.7. The lowest BCUT2D eigenvalue weighted by atomic mass is 10.2. The Morgan fingerprint density at radius 2 is 1.67 bits per heavy atom. The molecule has 0 radical (unpaired) electrons. The van der Waals surface area contributed by atoms with Gasteiger partial charge in [0.1, 0.15) is 0 Å². The molecule has 1 aromatic heterocycles. The van der Waals surface area contributed by atoms with Crippen molar-refractivity contribution >= 4 is 23.1 Å². The maximum absolute atomic E-state index is 4.70. The van der Waals surface area contributed by atoms with Crippen LogP contribution in [0, 0.1) is 0 Å². The SMILES string of the molecule is C(=C\c1ccccc1)/CN1CCN(c2nc3ccccc3[nH]2)CC1. The molecule has 4 heteroatoms. The topological polar surface area (TPSA) is 35.2 Å². The smallest absolute Gasteiger partial charge is 0.203 e. The number of nitrogens with one attached hydrogen (secondary N) is 1. The molecular weight excluding hydrogens is 296 g/mol. The number of imidazole rings is 1. The number of hydrogen-bond acceptors (Lipinski definition) is 3. The van der Waals surface area contributed by atoms with Crippen LogP contribution in [0.5, 0.6) is 0 Å². The fourth-order valence-electron chi connectivity index (χ4n) is 3.13. The largest absolute Gasteiger partial charge is 0.340 e. The van der Waals surface area contributed by atoms with Crippen molar-refractivity contribution < 1.29 is 0 Å². The maximum Gasteiger partial charge on any atom is 0.203 e. The third-order valence-corrected chi connectivity index (χ3v) is 4.52. The Morgan fingerprint density at radius 3 is 2.46 bits per heavy atom. The first-order valence-electron chi connectivity index (χ1n) is 8.52. The van der Waals surface area contributed by atoms with Crippen LogP contribution in [0.4, 0.5) is 5.95 Å². The maximum atomic E-state index is 4.70. The lowest BCUT2D eigenvalue weighted by Crippen LogP contribution is -2.46. The molecule has 0 atom stereocenters. The molecule has 3 aromatic rings. The van der Waals surface area contributed by atoms with Crippen LogP contribution in [0.15, 0.2) is 60.7 Å². The Balaban J connectivity index is 1.32. The van der Waals surface area contributed by atoms with Crippen molar-refractivity contribution in [3.63, 3.8) is 0 Å². The number of para-hydroxylation sites is 2. The number of hydrogen-bond donors (Lipinski definition) is 1. The van der Waals surface area contributed by atoms with Gasteiger partial charge in [-0.1, -0.05) is 54.6 Å². The van der Waals surface area contributed by atoms with Crippen molar-refractivity contribution in [2.75, 3.05) is 37.6 Å². The molecule has 24 heavy (non-hydrogen) atoms. The van der Waals surface area contributed by atoms with Gasteiger partial charge in [-0.05, 0) is 17.7 Å². The molecule has 0 saturated carbocycles. The van der Waals surface area contributed by atoms with Crippen LogP contribution in [0.25, 0.3) is 17.1 Å². The number of aromatic nitrogens is 2.